The number of benzene rings is 1. The Morgan fingerprint density at radius 2 is 2.00 bits per heavy atom. The molecule has 0 aliphatic carbocycles. The van der Waals surface area contributed by atoms with E-state index in [0.29, 0.717) is 13.1 Å². The number of piperazine rings is 1. The van der Waals surface area contributed by atoms with Gasteiger partial charge in [-0.25, -0.2) is 13.6 Å². The highest BCUT2D eigenvalue weighted by molar-refractivity contribution is 5.93. The molecule has 0 radical (unpaired) electrons. The third-order valence-electron chi connectivity index (χ3n) is 2.52. The molecule has 96 valence electrons. The van der Waals surface area contributed by atoms with Crippen molar-refractivity contribution < 1.29 is 18.4 Å². The summed E-state index contributed by atoms with van der Waals surface area (Å²) < 4.78 is 26.6. The highest BCUT2D eigenvalue weighted by Gasteiger charge is 2.22. The summed E-state index contributed by atoms with van der Waals surface area (Å²) in [5.41, 5.74) is -0.506. The summed E-state index contributed by atoms with van der Waals surface area (Å²) in [6.07, 6.45) is 0. The van der Waals surface area contributed by atoms with E-state index in [1.807, 2.05) is 0 Å². The van der Waals surface area contributed by atoms with Gasteiger partial charge in [0.1, 0.15) is 23.9 Å². The number of amides is 3. The van der Waals surface area contributed by atoms with Crippen molar-refractivity contribution in [2.75, 3.05) is 25.0 Å². The molecular formula is C11H11F2N3O2. The minimum atomic E-state index is -0.857. The Morgan fingerprint density at radius 3 is 2.61 bits per heavy atom. The van der Waals surface area contributed by atoms with Crippen LogP contribution >= 0.6 is 0 Å². The lowest BCUT2D eigenvalue weighted by molar-refractivity contribution is -0.123. The topological polar surface area (TPSA) is 61.4 Å². The second kappa shape index (κ2) is 4.99. The van der Waals surface area contributed by atoms with E-state index in [9.17, 15) is 18.4 Å². The molecule has 1 fully saturated rings. The number of halogens is 2. The Hall–Kier alpha value is -2.18. The largest absolute Gasteiger partial charge is 0.353 e. The standard InChI is InChI=1S/C11H11F2N3O2/c12-7-2-1-3-8(13)10(7)15-11(18)16-5-4-14-9(17)6-16/h1-3H,4-6H2,(H,14,17)(H,15,18). The Balaban J connectivity index is 2.09. The Labute approximate surface area is 102 Å². The molecule has 18 heavy (non-hydrogen) atoms. The van der Waals surface area contributed by atoms with Crippen LogP contribution in [0.4, 0.5) is 19.3 Å². The van der Waals surface area contributed by atoms with E-state index >= 15 is 0 Å². The zero-order valence-corrected chi connectivity index (χ0v) is 9.37. The molecule has 0 aromatic heterocycles. The summed E-state index contributed by atoms with van der Waals surface area (Å²) in [5, 5.41) is 4.67. The van der Waals surface area contributed by atoms with E-state index in [0.717, 1.165) is 12.1 Å². The normalized spacial score (nSPS) is 15.2. The molecule has 1 aliphatic rings. The van der Waals surface area contributed by atoms with Gasteiger partial charge in [0.05, 0.1) is 0 Å². The number of nitrogens with zero attached hydrogens (tertiary/aromatic N) is 1. The van der Waals surface area contributed by atoms with Crippen LogP contribution in [-0.4, -0.2) is 36.5 Å². The van der Waals surface area contributed by atoms with Crippen molar-refractivity contribution in [2.24, 2.45) is 0 Å². The highest BCUT2D eigenvalue weighted by Crippen LogP contribution is 2.18. The van der Waals surface area contributed by atoms with Gasteiger partial charge in [0.15, 0.2) is 0 Å². The van der Waals surface area contributed by atoms with E-state index < -0.39 is 23.4 Å². The van der Waals surface area contributed by atoms with E-state index in [1.54, 1.807) is 0 Å². The van der Waals surface area contributed by atoms with Crippen LogP contribution in [0.1, 0.15) is 0 Å². The average Bonchev–Trinajstić information content (AvgIpc) is 2.34. The molecule has 0 bridgehead atoms. The molecule has 1 saturated heterocycles. The summed E-state index contributed by atoms with van der Waals surface area (Å²) in [6.45, 7) is 0.502. The SMILES string of the molecule is O=C1CN(C(=O)Nc2c(F)cccc2F)CCN1. The second-order valence-electron chi connectivity index (χ2n) is 3.80. The van der Waals surface area contributed by atoms with Gasteiger partial charge in [0.2, 0.25) is 5.91 Å². The van der Waals surface area contributed by atoms with Crippen LogP contribution in [0, 0.1) is 11.6 Å². The van der Waals surface area contributed by atoms with Crippen LogP contribution in [0.5, 0.6) is 0 Å². The molecule has 0 unspecified atom stereocenters. The number of para-hydroxylation sites is 1. The molecule has 1 aromatic rings. The van der Waals surface area contributed by atoms with Gasteiger partial charge >= 0.3 is 6.03 Å². The van der Waals surface area contributed by atoms with Crippen molar-refractivity contribution in [1.82, 2.24) is 10.2 Å². The van der Waals surface area contributed by atoms with Gasteiger partial charge in [0, 0.05) is 13.1 Å². The lowest BCUT2D eigenvalue weighted by Gasteiger charge is -2.26. The molecule has 1 aromatic carbocycles. The summed E-state index contributed by atoms with van der Waals surface area (Å²) in [7, 11) is 0. The Morgan fingerprint density at radius 1 is 1.33 bits per heavy atom. The lowest BCUT2D eigenvalue weighted by atomic mass is 10.3. The van der Waals surface area contributed by atoms with Crippen molar-refractivity contribution in [3.63, 3.8) is 0 Å². The van der Waals surface area contributed by atoms with Gasteiger partial charge in [-0.15, -0.1) is 0 Å². The van der Waals surface area contributed by atoms with Crippen LogP contribution in [0.25, 0.3) is 0 Å². The highest BCUT2D eigenvalue weighted by atomic mass is 19.1. The van der Waals surface area contributed by atoms with Crippen LogP contribution < -0.4 is 10.6 Å². The molecule has 3 amide bonds. The average molecular weight is 255 g/mol. The van der Waals surface area contributed by atoms with Crippen molar-refractivity contribution >= 4 is 17.6 Å². The molecule has 1 aliphatic heterocycles. The maximum absolute atomic E-state index is 13.3. The molecule has 1 heterocycles. The van der Waals surface area contributed by atoms with Crippen molar-refractivity contribution in [1.29, 1.82) is 0 Å². The number of carbonyl (C=O) groups excluding carboxylic acids is 2. The summed E-state index contributed by atoms with van der Waals surface area (Å²) >= 11 is 0. The van der Waals surface area contributed by atoms with Crippen LogP contribution in [0.15, 0.2) is 18.2 Å². The Bertz CT molecular complexity index is 473. The van der Waals surface area contributed by atoms with Gasteiger partial charge in [-0.1, -0.05) is 6.07 Å². The number of anilines is 1. The number of hydrogen-bond donors (Lipinski definition) is 2. The second-order valence-corrected chi connectivity index (χ2v) is 3.80. The number of hydrogen-bond acceptors (Lipinski definition) is 2. The first-order chi connectivity index (χ1) is 8.58. The molecule has 0 atom stereocenters. The molecule has 2 rings (SSSR count). The summed E-state index contributed by atoms with van der Waals surface area (Å²) in [6, 6.07) is 2.59. The van der Waals surface area contributed by atoms with Crippen LogP contribution in [-0.2, 0) is 4.79 Å². The predicted molar refractivity (Wildman–Crippen MR) is 60.0 cm³/mol. The molecular weight excluding hydrogens is 244 g/mol. The van der Waals surface area contributed by atoms with Gasteiger partial charge in [0.25, 0.3) is 0 Å². The summed E-state index contributed by atoms with van der Waals surface area (Å²) in [4.78, 5) is 24.0. The first-order valence-electron chi connectivity index (χ1n) is 5.34. The van der Waals surface area contributed by atoms with Crippen molar-refractivity contribution in [2.45, 2.75) is 0 Å². The van der Waals surface area contributed by atoms with Crippen molar-refractivity contribution in [3.05, 3.63) is 29.8 Å². The fourth-order valence-corrected chi connectivity index (χ4v) is 1.62. The quantitative estimate of drug-likeness (QED) is 0.784. The van der Waals surface area contributed by atoms with E-state index in [2.05, 4.69) is 10.6 Å². The number of carbonyl (C=O) groups is 2. The first-order valence-corrected chi connectivity index (χ1v) is 5.34. The lowest BCUT2D eigenvalue weighted by Crippen LogP contribution is -2.51. The van der Waals surface area contributed by atoms with Crippen LogP contribution in [0.3, 0.4) is 0 Å². The van der Waals surface area contributed by atoms with Gasteiger partial charge in [-0.2, -0.15) is 0 Å². The zero-order chi connectivity index (χ0) is 13.1. The van der Waals surface area contributed by atoms with Gasteiger partial charge < -0.3 is 15.5 Å². The third kappa shape index (κ3) is 2.55. The molecule has 2 N–H and O–H groups in total. The van der Waals surface area contributed by atoms with E-state index in [4.69, 9.17) is 0 Å². The predicted octanol–water partition coefficient (Wildman–Crippen LogP) is 0.929. The van der Waals surface area contributed by atoms with Gasteiger partial charge in [-0.3, -0.25) is 4.79 Å². The van der Waals surface area contributed by atoms with E-state index in [-0.39, 0.29) is 12.5 Å². The van der Waals surface area contributed by atoms with E-state index in [1.165, 1.54) is 11.0 Å². The minimum Gasteiger partial charge on any atom is -0.353 e. The minimum absolute atomic E-state index is 0.123. The third-order valence-corrected chi connectivity index (χ3v) is 2.52. The maximum atomic E-state index is 13.3. The number of urea groups is 1. The number of nitrogens with one attached hydrogen (secondary N) is 2. The monoisotopic (exact) mass is 255 g/mol. The number of rotatable bonds is 1. The van der Waals surface area contributed by atoms with Crippen LogP contribution in [0.2, 0.25) is 0 Å². The molecule has 0 saturated carbocycles. The molecule has 0 spiro atoms. The molecule has 7 heteroatoms. The molecule has 5 nitrogen and oxygen atoms in total. The smallest absolute Gasteiger partial charge is 0.322 e. The first kappa shape index (κ1) is 12.3. The van der Waals surface area contributed by atoms with Crippen molar-refractivity contribution in [3.8, 4) is 0 Å². The fourth-order valence-electron chi connectivity index (χ4n) is 1.62. The Kier molecular flexibility index (Phi) is 3.40. The van der Waals surface area contributed by atoms with Gasteiger partial charge in [-0.05, 0) is 12.1 Å². The zero-order valence-electron chi connectivity index (χ0n) is 9.37. The maximum Gasteiger partial charge on any atom is 0.322 e. The summed E-state index contributed by atoms with van der Waals surface area (Å²) in [5.74, 6) is -2.01. The fraction of sp³-hybridized carbons (Fsp3) is 0.273.